The van der Waals surface area contributed by atoms with Gasteiger partial charge in [-0.25, -0.2) is 14.3 Å². The summed E-state index contributed by atoms with van der Waals surface area (Å²) in [6, 6.07) is 16.4. The highest BCUT2D eigenvalue weighted by molar-refractivity contribution is 6.01. The Balaban J connectivity index is 1.48. The summed E-state index contributed by atoms with van der Waals surface area (Å²) in [6.07, 6.45) is 8.39. The Labute approximate surface area is 218 Å². The maximum absolute atomic E-state index is 14.0. The van der Waals surface area contributed by atoms with Gasteiger partial charge in [-0.1, -0.05) is 50.2 Å². The van der Waals surface area contributed by atoms with E-state index in [2.05, 4.69) is 79.4 Å². The van der Waals surface area contributed by atoms with Crippen molar-refractivity contribution < 1.29 is 4.79 Å². The zero-order valence-electron chi connectivity index (χ0n) is 22.4. The number of hydrogen-bond donors (Lipinski definition) is 1. The molecule has 7 heteroatoms. The first-order valence-electron chi connectivity index (χ1n) is 13.2. The third-order valence-electron chi connectivity index (χ3n) is 8.16. The van der Waals surface area contributed by atoms with Gasteiger partial charge in [-0.3, -0.25) is 4.79 Å². The average molecular weight is 497 g/mol. The van der Waals surface area contributed by atoms with Crippen molar-refractivity contribution in [1.82, 2.24) is 24.5 Å². The van der Waals surface area contributed by atoms with Gasteiger partial charge < -0.3 is 5.32 Å². The molecule has 1 N–H and O–H groups in total. The van der Waals surface area contributed by atoms with Crippen LogP contribution in [0.25, 0.3) is 5.82 Å². The van der Waals surface area contributed by atoms with E-state index in [1.165, 1.54) is 5.56 Å². The van der Waals surface area contributed by atoms with Gasteiger partial charge >= 0.3 is 0 Å². The van der Waals surface area contributed by atoms with E-state index >= 15 is 0 Å². The molecule has 3 aromatic heterocycles. The second-order valence-electron chi connectivity index (χ2n) is 10.8. The third kappa shape index (κ3) is 4.37. The molecular formula is C30H36N6O. The second kappa shape index (κ2) is 9.61. The van der Waals surface area contributed by atoms with E-state index in [9.17, 15) is 4.79 Å². The van der Waals surface area contributed by atoms with Crippen molar-refractivity contribution in [3.8, 4) is 5.82 Å². The van der Waals surface area contributed by atoms with Crippen LogP contribution in [0.5, 0.6) is 0 Å². The maximum Gasteiger partial charge on any atom is 0.169 e. The molecule has 37 heavy (non-hydrogen) atoms. The molecule has 0 radical (unpaired) electrons. The van der Waals surface area contributed by atoms with Crippen LogP contribution in [0.4, 0.5) is 5.82 Å². The highest BCUT2D eigenvalue weighted by Gasteiger charge is 2.39. The van der Waals surface area contributed by atoms with Gasteiger partial charge in [0.2, 0.25) is 0 Å². The molecule has 5 rings (SSSR count). The Morgan fingerprint density at radius 1 is 1.05 bits per heavy atom. The van der Waals surface area contributed by atoms with Crippen molar-refractivity contribution in [3.63, 3.8) is 0 Å². The number of rotatable bonds is 8. The molecule has 1 atom stereocenters. The minimum atomic E-state index is -0.327. The van der Waals surface area contributed by atoms with E-state index < -0.39 is 0 Å². The number of anilines is 1. The lowest BCUT2D eigenvalue weighted by molar-refractivity contribution is 0.0944. The van der Waals surface area contributed by atoms with Gasteiger partial charge in [0.05, 0.1) is 29.5 Å². The Hall–Kier alpha value is -3.74. The normalized spacial score (nSPS) is 16.7. The van der Waals surface area contributed by atoms with E-state index in [0.717, 1.165) is 42.2 Å². The number of hydrogen-bond acceptors (Lipinski definition) is 5. The number of aromatic nitrogens is 5. The van der Waals surface area contributed by atoms with Crippen LogP contribution >= 0.6 is 0 Å². The zero-order valence-corrected chi connectivity index (χ0v) is 22.4. The molecule has 0 amide bonds. The molecule has 0 saturated heterocycles. The molecule has 4 aromatic rings. The molecule has 1 unspecified atom stereocenters. The van der Waals surface area contributed by atoms with E-state index in [1.54, 1.807) is 12.4 Å². The molecule has 0 aliphatic carbocycles. The van der Waals surface area contributed by atoms with Gasteiger partial charge in [0.1, 0.15) is 5.82 Å². The van der Waals surface area contributed by atoms with Crippen LogP contribution in [0.1, 0.15) is 86.6 Å². The first kappa shape index (κ1) is 24.9. The van der Waals surface area contributed by atoms with Crippen molar-refractivity contribution in [3.05, 3.63) is 89.5 Å². The van der Waals surface area contributed by atoms with E-state index in [0.29, 0.717) is 12.0 Å². The van der Waals surface area contributed by atoms with Crippen LogP contribution in [-0.4, -0.2) is 30.3 Å². The van der Waals surface area contributed by atoms with Gasteiger partial charge in [-0.2, -0.15) is 10.2 Å². The Morgan fingerprint density at radius 3 is 2.46 bits per heavy atom. The molecule has 0 spiro atoms. The molecule has 7 nitrogen and oxygen atoms in total. The van der Waals surface area contributed by atoms with Gasteiger partial charge in [-0.15, -0.1) is 0 Å². The summed E-state index contributed by atoms with van der Waals surface area (Å²) in [5.74, 6) is 1.70. The highest BCUT2D eigenvalue weighted by atomic mass is 16.1. The number of carbonyl (C=O) groups is 1. The monoisotopic (exact) mass is 496 g/mol. The average Bonchev–Trinajstić information content (AvgIpc) is 3.53. The minimum absolute atomic E-state index is 0.104. The van der Waals surface area contributed by atoms with Crippen molar-refractivity contribution in [1.29, 1.82) is 0 Å². The van der Waals surface area contributed by atoms with Gasteiger partial charge in [0.25, 0.3) is 0 Å². The number of Topliss-reactive ketones (excluding diaryl/α,β-unsaturated/α-hetero) is 1. The molecule has 192 valence electrons. The number of ketones is 1. The Kier molecular flexibility index (Phi) is 6.48. The van der Waals surface area contributed by atoms with Crippen molar-refractivity contribution in [2.45, 2.75) is 77.3 Å². The number of pyridine rings is 1. The maximum atomic E-state index is 14.0. The number of nitrogens with zero attached hydrogens (tertiary/aromatic N) is 5. The SMILES string of the molecule is CCC(CC)(CC(=O)c1cnn2c1NC(c1ccccc1)CC2(C)C)c1cnn(-c2ccccn2)c1C. The summed E-state index contributed by atoms with van der Waals surface area (Å²) in [6.45, 7) is 10.8. The molecule has 0 bridgehead atoms. The largest absolute Gasteiger partial charge is 0.363 e. The third-order valence-corrected chi connectivity index (χ3v) is 8.16. The lowest BCUT2D eigenvalue weighted by Crippen LogP contribution is -2.38. The quantitative estimate of drug-likeness (QED) is 0.286. The first-order chi connectivity index (χ1) is 17.8. The zero-order chi connectivity index (χ0) is 26.2. The number of nitrogens with one attached hydrogen (secondary N) is 1. The van der Waals surface area contributed by atoms with Crippen molar-refractivity contribution in [2.24, 2.45) is 0 Å². The predicted molar refractivity (Wildman–Crippen MR) is 146 cm³/mol. The molecule has 4 heterocycles. The van der Waals surface area contributed by atoms with Crippen molar-refractivity contribution in [2.75, 3.05) is 5.32 Å². The summed E-state index contributed by atoms with van der Waals surface area (Å²) in [4.78, 5) is 18.5. The second-order valence-corrected chi connectivity index (χ2v) is 10.8. The summed E-state index contributed by atoms with van der Waals surface area (Å²) < 4.78 is 3.86. The number of carbonyl (C=O) groups excluding carboxylic acids is 1. The first-order valence-corrected chi connectivity index (χ1v) is 13.2. The summed E-state index contributed by atoms with van der Waals surface area (Å²) in [5, 5.41) is 13.0. The highest BCUT2D eigenvalue weighted by Crippen LogP contribution is 2.43. The van der Waals surface area contributed by atoms with Crippen LogP contribution in [0.3, 0.4) is 0 Å². The van der Waals surface area contributed by atoms with Crippen LogP contribution in [0.15, 0.2) is 67.1 Å². The predicted octanol–water partition coefficient (Wildman–Crippen LogP) is 6.40. The standard InChI is InChI=1S/C30H36N6O/c1-6-30(7-2,24-20-32-35(21(24)3)27-15-11-12-16-31-27)18-26(37)23-19-33-36-28(23)34-25(17-29(36,4)5)22-13-9-8-10-14-22/h8-16,19-20,25,34H,6-7,17-18H2,1-5H3. The van der Waals surface area contributed by atoms with Crippen LogP contribution in [0, 0.1) is 6.92 Å². The molecule has 0 saturated carbocycles. The molecular weight excluding hydrogens is 460 g/mol. The molecule has 1 aliphatic rings. The van der Waals surface area contributed by atoms with Crippen LogP contribution in [-0.2, 0) is 11.0 Å². The molecule has 0 fully saturated rings. The van der Waals surface area contributed by atoms with E-state index in [1.807, 2.05) is 39.8 Å². The number of benzene rings is 1. The lowest BCUT2D eigenvalue weighted by Gasteiger charge is -2.38. The van der Waals surface area contributed by atoms with E-state index in [4.69, 9.17) is 0 Å². The van der Waals surface area contributed by atoms with Crippen molar-refractivity contribution >= 4 is 11.6 Å². The molecule has 1 aliphatic heterocycles. The van der Waals surface area contributed by atoms with Gasteiger partial charge in [0, 0.05) is 29.3 Å². The fourth-order valence-corrected chi connectivity index (χ4v) is 5.86. The molecule has 1 aromatic carbocycles. The minimum Gasteiger partial charge on any atom is -0.363 e. The Morgan fingerprint density at radius 2 is 1.78 bits per heavy atom. The lowest BCUT2D eigenvalue weighted by atomic mass is 9.71. The van der Waals surface area contributed by atoms with Crippen LogP contribution in [0.2, 0.25) is 0 Å². The Bertz CT molecular complexity index is 1380. The summed E-state index contributed by atoms with van der Waals surface area (Å²) in [5.41, 5.74) is 3.47. The van der Waals surface area contributed by atoms with Gasteiger partial charge in [-0.05, 0) is 57.7 Å². The fourth-order valence-electron chi connectivity index (χ4n) is 5.86. The topological polar surface area (TPSA) is 77.6 Å². The fraction of sp³-hybridized carbons (Fsp3) is 0.400. The number of fused-ring (bicyclic) bond motifs is 1. The van der Waals surface area contributed by atoms with Crippen LogP contribution < -0.4 is 5.32 Å². The smallest absolute Gasteiger partial charge is 0.169 e. The summed E-state index contributed by atoms with van der Waals surface area (Å²) in [7, 11) is 0. The van der Waals surface area contributed by atoms with Gasteiger partial charge in [0.15, 0.2) is 11.6 Å². The summed E-state index contributed by atoms with van der Waals surface area (Å²) >= 11 is 0. The van der Waals surface area contributed by atoms with E-state index in [-0.39, 0.29) is 22.8 Å².